The van der Waals surface area contributed by atoms with E-state index in [-0.39, 0.29) is 0 Å². The van der Waals surface area contributed by atoms with E-state index in [0.29, 0.717) is 5.46 Å². The third kappa shape index (κ3) is 1.94. The molecule has 5 heteroatoms. The summed E-state index contributed by atoms with van der Waals surface area (Å²) in [6.45, 7) is 7.62. The lowest BCUT2D eigenvalue weighted by atomic mass is 9.78. The first-order valence-electron chi connectivity index (χ1n) is 5.57. The summed E-state index contributed by atoms with van der Waals surface area (Å²) in [5.74, 6) is -1.08. The van der Waals surface area contributed by atoms with Crippen molar-refractivity contribution in [3.05, 3.63) is 24.0 Å². The van der Waals surface area contributed by atoms with Crippen LogP contribution in [0.5, 0.6) is 5.75 Å². The van der Waals surface area contributed by atoms with Crippen LogP contribution >= 0.6 is 0 Å². The van der Waals surface area contributed by atoms with Gasteiger partial charge in [-0.1, -0.05) is 12.1 Å². The number of hydrogen-bond donors (Lipinski definition) is 1. The van der Waals surface area contributed by atoms with Gasteiger partial charge in [-0.25, -0.2) is 4.39 Å². The third-order valence-electron chi connectivity index (χ3n) is 3.53. The molecule has 0 atom stereocenters. The van der Waals surface area contributed by atoms with E-state index < -0.39 is 29.9 Å². The highest BCUT2D eigenvalue weighted by Crippen LogP contribution is 2.37. The van der Waals surface area contributed by atoms with Crippen LogP contribution in [0, 0.1) is 5.82 Å². The third-order valence-corrected chi connectivity index (χ3v) is 3.53. The Hall–Kier alpha value is -1.07. The molecule has 0 unspecified atom stereocenters. The minimum Gasteiger partial charge on any atom is -0.505 e. The van der Waals surface area contributed by atoms with Crippen LogP contribution in [0.15, 0.2) is 18.2 Å². The lowest BCUT2D eigenvalue weighted by Gasteiger charge is -2.32. The zero-order chi connectivity index (χ0) is 12.8. The van der Waals surface area contributed by atoms with E-state index >= 15 is 0 Å². The van der Waals surface area contributed by atoms with Crippen molar-refractivity contribution in [3.8, 4) is 5.75 Å². The van der Waals surface area contributed by atoms with Crippen LogP contribution in [0.3, 0.4) is 0 Å². The molecular formula is C12H16BFO3. The molecule has 1 saturated heterocycles. The number of hydrogen-bond acceptors (Lipinski definition) is 3. The molecule has 1 heterocycles. The number of para-hydroxylation sites is 1. The summed E-state index contributed by atoms with van der Waals surface area (Å²) >= 11 is 0. The smallest absolute Gasteiger partial charge is 0.498 e. The van der Waals surface area contributed by atoms with Crippen LogP contribution in [-0.4, -0.2) is 23.4 Å². The van der Waals surface area contributed by atoms with Gasteiger partial charge in [0, 0.05) is 5.46 Å². The lowest BCUT2D eigenvalue weighted by molar-refractivity contribution is 0.00578. The van der Waals surface area contributed by atoms with Gasteiger partial charge >= 0.3 is 7.12 Å². The maximum atomic E-state index is 13.3. The molecule has 1 aromatic rings. The summed E-state index contributed by atoms with van der Waals surface area (Å²) in [5, 5.41) is 9.66. The number of benzene rings is 1. The molecule has 0 saturated carbocycles. The molecule has 0 aromatic heterocycles. The van der Waals surface area contributed by atoms with Crippen LogP contribution in [0.2, 0.25) is 0 Å². The van der Waals surface area contributed by atoms with Gasteiger partial charge in [-0.2, -0.15) is 0 Å². The largest absolute Gasteiger partial charge is 0.505 e. The van der Waals surface area contributed by atoms with E-state index in [0.717, 1.165) is 0 Å². The maximum Gasteiger partial charge on any atom is 0.498 e. The van der Waals surface area contributed by atoms with Crippen LogP contribution in [0.25, 0.3) is 0 Å². The summed E-state index contributed by atoms with van der Waals surface area (Å²) in [4.78, 5) is 0. The second kappa shape index (κ2) is 3.72. The van der Waals surface area contributed by atoms with Gasteiger partial charge in [0.1, 0.15) is 0 Å². The van der Waals surface area contributed by atoms with Crippen molar-refractivity contribution in [2.24, 2.45) is 0 Å². The Morgan fingerprint density at radius 1 is 1.12 bits per heavy atom. The molecule has 1 aliphatic rings. The van der Waals surface area contributed by atoms with Crippen LogP contribution in [-0.2, 0) is 9.31 Å². The second-order valence-electron chi connectivity index (χ2n) is 5.27. The van der Waals surface area contributed by atoms with Gasteiger partial charge in [0.05, 0.1) is 11.2 Å². The molecule has 2 rings (SSSR count). The maximum absolute atomic E-state index is 13.3. The fraction of sp³-hybridized carbons (Fsp3) is 0.500. The van der Waals surface area contributed by atoms with E-state index in [1.807, 2.05) is 27.7 Å². The molecule has 0 spiro atoms. The highest BCUT2D eigenvalue weighted by molar-refractivity contribution is 6.63. The number of phenols is 1. The number of aromatic hydroxyl groups is 1. The molecule has 1 aliphatic heterocycles. The van der Waals surface area contributed by atoms with Crippen molar-refractivity contribution in [1.29, 1.82) is 0 Å². The summed E-state index contributed by atoms with van der Waals surface area (Å²) in [6, 6.07) is 4.32. The summed E-state index contributed by atoms with van der Waals surface area (Å²) < 4.78 is 24.7. The van der Waals surface area contributed by atoms with E-state index in [1.165, 1.54) is 12.1 Å². The zero-order valence-corrected chi connectivity index (χ0v) is 10.5. The quantitative estimate of drug-likeness (QED) is 0.758. The van der Waals surface area contributed by atoms with Gasteiger partial charge < -0.3 is 14.4 Å². The number of halogens is 1. The van der Waals surface area contributed by atoms with Crippen molar-refractivity contribution in [3.63, 3.8) is 0 Å². The summed E-state index contributed by atoms with van der Waals surface area (Å²) in [7, 11) is -0.740. The Kier molecular flexibility index (Phi) is 2.71. The van der Waals surface area contributed by atoms with Gasteiger partial charge in [0.2, 0.25) is 0 Å². The SMILES string of the molecule is CC1(C)OB(c2cccc(F)c2O)OC1(C)C. The fourth-order valence-electron chi connectivity index (χ4n) is 1.69. The van der Waals surface area contributed by atoms with Gasteiger partial charge in [-0.05, 0) is 33.8 Å². The molecular weight excluding hydrogens is 222 g/mol. The highest BCUT2D eigenvalue weighted by atomic mass is 19.1. The van der Waals surface area contributed by atoms with Crippen LogP contribution in [0.4, 0.5) is 4.39 Å². The average molecular weight is 238 g/mol. The molecule has 0 amide bonds. The topological polar surface area (TPSA) is 38.7 Å². The lowest BCUT2D eigenvalue weighted by Crippen LogP contribution is -2.41. The minimum atomic E-state index is -0.740. The van der Waals surface area contributed by atoms with Crippen molar-refractivity contribution < 1.29 is 18.8 Å². The number of rotatable bonds is 1. The Morgan fingerprint density at radius 2 is 1.65 bits per heavy atom. The second-order valence-corrected chi connectivity index (χ2v) is 5.27. The molecule has 1 aromatic carbocycles. The average Bonchev–Trinajstić information content (AvgIpc) is 2.40. The monoisotopic (exact) mass is 238 g/mol. The van der Waals surface area contributed by atoms with E-state index in [2.05, 4.69) is 0 Å². The van der Waals surface area contributed by atoms with Gasteiger partial charge in [0.15, 0.2) is 11.6 Å². The molecule has 3 nitrogen and oxygen atoms in total. The number of phenolic OH excluding ortho intramolecular Hbond substituents is 1. The Bertz CT molecular complexity index is 429. The molecule has 1 N–H and O–H groups in total. The van der Waals surface area contributed by atoms with E-state index in [1.54, 1.807) is 6.07 Å². The minimum absolute atomic E-state index is 0.323. The highest BCUT2D eigenvalue weighted by Gasteiger charge is 2.52. The Labute approximate surface area is 101 Å². The first kappa shape index (κ1) is 12.4. The fourth-order valence-corrected chi connectivity index (χ4v) is 1.69. The predicted octanol–water partition coefficient (Wildman–Crippen LogP) is 1.83. The Balaban J connectivity index is 2.36. The molecule has 1 fully saturated rings. The first-order valence-corrected chi connectivity index (χ1v) is 5.57. The van der Waals surface area contributed by atoms with Crippen LogP contribution in [0.1, 0.15) is 27.7 Å². The van der Waals surface area contributed by atoms with Crippen molar-refractivity contribution in [1.82, 2.24) is 0 Å². The standard InChI is InChI=1S/C12H16BFO3/c1-11(2)12(3,4)17-13(16-11)8-6-5-7-9(14)10(8)15/h5-7,15H,1-4H3. The molecule has 92 valence electrons. The van der Waals surface area contributed by atoms with E-state index in [4.69, 9.17) is 9.31 Å². The van der Waals surface area contributed by atoms with Crippen LogP contribution < -0.4 is 5.46 Å². The molecule has 0 aliphatic carbocycles. The van der Waals surface area contributed by atoms with Gasteiger partial charge in [0.25, 0.3) is 0 Å². The summed E-state index contributed by atoms with van der Waals surface area (Å²) in [6.07, 6.45) is 0. The van der Waals surface area contributed by atoms with Crippen molar-refractivity contribution >= 4 is 12.6 Å². The van der Waals surface area contributed by atoms with Crippen molar-refractivity contribution in [2.45, 2.75) is 38.9 Å². The predicted molar refractivity (Wildman–Crippen MR) is 63.8 cm³/mol. The van der Waals surface area contributed by atoms with Crippen molar-refractivity contribution in [2.75, 3.05) is 0 Å². The zero-order valence-electron chi connectivity index (χ0n) is 10.5. The molecule has 0 radical (unpaired) electrons. The van der Waals surface area contributed by atoms with Gasteiger partial charge in [-0.15, -0.1) is 0 Å². The van der Waals surface area contributed by atoms with E-state index in [9.17, 15) is 9.50 Å². The van der Waals surface area contributed by atoms with Gasteiger partial charge in [-0.3, -0.25) is 0 Å². The molecule has 17 heavy (non-hydrogen) atoms. The molecule has 0 bridgehead atoms. The Morgan fingerprint density at radius 3 is 2.18 bits per heavy atom. The normalized spacial score (nSPS) is 21.8. The first-order chi connectivity index (χ1) is 7.74. The summed E-state index contributed by atoms with van der Waals surface area (Å²) in [5.41, 5.74) is -0.684.